The summed E-state index contributed by atoms with van der Waals surface area (Å²) in [4.78, 5) is 10.6. The van der Waals surface area contributed by atoms with Crippen LogP contribution in [0.2, 0.25) is 0 Å². The van der Waals surface area contributed by atoms with Gasteiger partial charge in [0.15, 0.2) is 0 Å². The van der Waals surface area contributed by atoms with Gasteiger partial charge in [0.05, 0.1) is 11.2 Å². The van der Waals surface area contributed by atoms with Crippen LogP contribution in [0.5, 0.6) is 0 Å². The number of aryl methyl sites for hydroxylation is 1. The monoisotopic (exact) mass is 281 g/mol. The number of fused-ring (bicyclic) bond motifs is 2. The summed E-state index contributed by atoms with van der Waals surface area (Å²) >= 11 is 1.79. The standard InChI is InChI=1S/C16H15N3S/c17-12-5-3-7-14-15(12)19-16(20-14)11-8-9-18-13-6-2-1-4-10(11)13/h1-2,4,6,8-9,12H,3,5,7,17H2. The number of nitrogens with two attached hydrogens (primary N) is 1. The minimum absolute atomic E-state index is 0.108. The second kappa shape index (κ2) is 4.65. The fourth-order valence-electron chi connectivity index (χ4n) is 2.85. The normalized spacial score (nSPS) is 18.1. The van der Waals surface area contributed by atoms with Crippen LogP contribution in [0.1, 0.15) is 29.5 Å². The number of para-hydroxylation sites is 1. The van der Waals surface area contributed by atoms with E-state index in [0.29, 0.717) is 0 Å². The lowest BCUT2D eigenvalue weighted by molar-refractivity contribution is 0.564. The zero-order valence-corrected chi connectivity index (χ0v) is 11.9. The molecule has 1 aromatic carbocycles. The second-order valence-electron chi connectivity index (χ2n) is 5.20. The fourth-order valence-corrected chi connectivity index (χ4v) is 4.06. The minimum atomic E-state index is 0.108. The van der Waals surface area contributed by atoms with Gasteiger partial charge in [-0.2, -0.15) is 0 Å². The Hall–Kier alpha value is -1.78. The van der Waals surface area contributed by atoms with Crippen LogP contribution in [-0.2, 0) is 6.42 Å². The third kappa shape index (κ3) is 1.84. The van der Waals surface area contributed by atoms with Gasteiger partial charge in [-0.15, -0.1) is 11.3 Å². The lowest BCUT2D eigenvalue weighted by atomic mass is 9.99. The molecule has 20 heavy (non-hydrogen) atoms. The van der Waals surface area contributed by atoms with Gasteiger partial charge in [0.2, 0.25) is 0 Å². The molecule has 0 bridgehead atoms. The van der Waals surface area contributed by atoms with Crippen molar-refractivity contribution in [2.75, 3.05) is 0 Å². The highest BCUT2D eigenvalue weighted by Gasteiger charge is 2.22. The van der Waals surface area contributed by atoms with Crippen LogP contribution in [0, 0.1) is 0 Å². The molecular formula is C16H15N3S. The molecule has 100 valence electrons. The molecule has 1 atom stereocenters. The Bertz CT molecular complexity index is 773. The van der Waals surface area contributed by atoms with Crippen molar-refractivity contribution in [1.29, 1.82) is 0 Å². The Morgan fingerprint density at radius 1 is 1.20 bits per heavy atom. The number of hydrogen-bond donors (Lipinski definition) is 1. The minimum Gasteiger partial charge on any atom is -0.323 e. The van der Waals surface area contributed by atoms with E-state index in [-0.39, 0.29) is 6.04 Å². The van der Waals surface area contributed by atoms with Crippen molar-refractivity contribution >= 4 is 22.2 Å². The topological polar surface area (TPSA) is 51.8 Å². The predicted octanol–water partition coefficient (Wildman–Crippen LogP) is 3.69. The van der Waals surface area contributed by atoms with Gasteiger partial charge in [-0.1, -0.05) is 18.2 Å². The van der Waals surface area contributed by atoms with Crippen molar-refractivity contribution in [1.82, 2.24) is 9.97 Å². The number of pyridine rings is 1. The van der Waals surface area contributed by atoms with E-state index in [0.717, 1.165) is 34.4 Å². The molecule has 0 amide bonds. The molecule has 1 aliphatic carbocycles. The first kappa shape index (κ1) is 12.0. The summed E-state index contributed by atoms with van der Waals surface area (Å²) in [5, 5.41) is 2.24. The van der Waals surface area contributed by atoms with Crippen molar-refractivity contribution in [3.05, 3.63) is 47.1 Å². The SMILES string of the molecule is NC1CCCc2sc(-c3ccnc4ccccc34)nc21. The van der Waals surface area contributed by atoms with Crippen LogP contribution in [0.3, 0.4) is 0 Å². The summed E-state index contributed by atoms with van der Waals surface area (Å²) in [6.45, 7) is 0. The molecule has 0 fully saturated rings. The molecule has 4 rings (SSSR count). The first-order valence-corrected chi connectivity index (χ1v) is 7.74. The van der Waals surface area contributed by atoms with Crippen LogP contribution in [0.15, 0.2) is 36.5 Å². The van der Waals surface area contributed by atoms with Crippen LogP contribution in [0.25, 0.3) is 21.5 Å². The Morgan fingerprint density at radius 2 is 2.10 bits per heavy atom. The number of benzene rings is 1. The Balaban J connectivity index is 1.92. The molecule has 3 nitrogen and oxygen atoms in total. The average molecular weight is 281 g/mol. The summed E-state index contributed by atoms with van der Waals surface area (Å²) in [5.74, 6) is 0. The largest absolute Gasteiger partial charge is 0.323 e. The number of rotatable bonds is 1. The van der Waals surface area contributed by atoms with Crippen molar-refractivity contribution in [3.8, 4) is 10.6 Å². The van der Waals surface area contributed by atoms with E-state index in [4.69, 9.17) is 10.7 Å². The van der Waals surface area contributed by atoms with Gasteiger partial charge in [0.1, 0.15) is 5.01 Å². The third-order valence-corrected chi connectivity index (χ3v) is 5.04. The van der Waals surface area contributed by atoms with Gasteiger partial charge in [0, 0.05) is 28.1 Å². The van der Waals surface area contributed by atoms with Crippen LogP contribution < -0.4 is 5.73 Å². The van der Waals surface area contributed by atoms with Gasteiger partial charge in [0.25, 0.3) is 0 Å². The highest BCUT2D eigenvalue weighted by atomic mass is 32.1. The Kier molecular flexibility index (Phi) is 2.79. The highest BCUT2D eigenvalue weighted by Crippen LogP contribution is 2.37. The van der Waals surface area contributed by atoms with E-state index in [1.807, 2.05) is 24.4 Å². The summed E-state index contributed by atoms with van der Waals surface area (Å²) in [5.41, 5.74) is 9.48. The van der Waals surface area contributed by atoms with Gasteiger partial charge in [-0.25, -0.2) is 4.98 Å². The van der Waals surface area contributed by atoms with Crippen molar-refractivity contribution < 1.29 is 0 Å². The molecule has 4 heteroatoms. The summed E-state index contributed by atoms with van der Waals surface area (Å²) < 4.78 is 0. The predicted molar refractivity (Wildman–Crippen MR) is 82.7 cm³/mol. The lowest BCUT2D eigenvalue weighted by Gasteiger charge is -2.15. The summed E-state index contributed by atoms with van der Waals surface area (Å²) in [6.07, 6.45) is 5.20. The molecular weight excluding hydrogens is 266 g/mol. The first-order chi connectivity index (χ1) is 9.83. The molecule has 0 radical (unpaired) electrons. The van der Waals surface area contributed by atoms with E-state index >= 15 is 0 Å². The van der Waals surface area contributed by atoms with Crippen LogP contribution >= 0.6 is 11.3 Å². The summed E-state index contributed by atoms with van der Waals surface area (Å²) in [6, 6.07) is 10.4. The van der Waals surface area contributed by atoms with Gasteiger partial charge >= 0.3 is 0 Å². The average Bonchev–Trinajstić information content (AvgIpc) is 2.92. The molecule has 2 N–H and O–H groups in total. The molecule has 1 unspecified atom stereocenters. The molecule has 1 aliphatic rings. The maximum atomic E-state index is 6.18. The van der Waals surface area contributed by atoms with E-state index < -0.39 is 0 Å². The van der Waals surface area contributed by atoms with E-state index in [1.165, 1.54) is 16.9 Å². The zero-order valence-electron chi connectivity index (χ0n) is 11.0. The second-order valence-corrected chi connectivity index (χ2v) is 6.29. The third-order valence-electron chi connectivity index (χ3n) is 3.88. The fraction of sp³-hybridized carbons (Fsp3) is 0.250. The molecule has 0 spiro atoms. The number of hydrogen-bond acceptors (Lipinski definition) is 4. The first-order valence-electron chi connectivity index (χ1n) is 6.92. The van der Waals surface area contributed by atoms with Crippen LogP contribution in [-0.4, -0.2) is 9.97 Å². The molecule has 0 aliphatic heterocycles. The van der Waals surface area contributed by atoms with E-state index in [1.54, 1.807) is 11.3 Å². The molecule has 2 aromatic heterocycles. The maximum absolute atomic E-state index is 6.18. The van der Waals surface area contributed by atoms with E-state index in [2.05, 4.69) is 17.1 Å². The smallest absolute Gasteiger partial charge is 0.124 e. The van der Waals surface area contributed by atoms with Gasteiger partial charge in [-0.05, 0) is 31.4 Å². The maximum Gasteiger partial charge on any atom is 0.124 e. The highest BCUT2D eigenvalue weighted by molar-refractivity contribution is 7.15. The van der Waals surface area contributed by atoms with Gasteiger partial charge in [-0.3, -0.25) is 4.98 Å². The number of aromatic nitrogens is 2. The Labute approximate surface area is 121 Å². The lowest BCUT2D eigenvalue weighted by Crippen LogP contribution is -2.16. The molecule has 3 aromatic rings. The zero-order chi connectivity index (χ0) is 13.5. The summed E-state index contributed by atoms with van der Waals surface area (Å²) in [7, 11) is 0. The van der Waals surface area contributed by atoms with Crippen molar-refractivity contribution in [2.24, 2.45) is 5.73 Å². The quantitative estimate of drug-likeness (QED) is 0.740. The van der Waals surface area contributed by atoms with Crippen LogP contribution in [0.4, 0.5) is 0 Å². The number of nitrogens with zero attached hydrogens (tertiary/aromatic N) is 2. The Morgan fingerprint density at radius 3 is 3.00 bits per heavy atom. The molecule has 2 heterocycles. The van der Waals surface area contributed by atoms with Gasteiger partial charge < -0.3 is 5.73 Å². The van der Waals surface area contributed by atoms with E-state index in [9.17, 15) is 0 Å². The molecule has 0 saturated carbocycles. The van der Waals surface area contributed by atoms with Crippen molar-refractivity contribution in [3.63, 3.8) is 0 Å². The molecule has 0 saturated heterocycles. The number of thiazole rings is 1. The van der Waals surface area contributed by atoms with Crippen molar-refractivity contribution in [2.45, 2.75) is 25.3 Å².